The monoisotopic (exact) mass is 187 g/mol. The van der Waals surface area contributed by atoms with E-state index in [1.54, 1.807) is 4.90 Å². The van der Waals surface area contributed by atoms with Gasteiger partial charge in [-0.2, -0.15) is 0 Å². The van der Waals surface area contributed by atoms with Gasteiger partial charge in [0.1, 0.15) is 6.10 Å². The Morgan fingerprint density at radius 3 is 2.62 bits per heavy atom. The number of amides is 1. The molecule has 0 aliphatic carbocycles. The standard InChI is InChI=1S/C9H17NO3/c1-6-3-10(4-8(6)5-11)9(13)7(2)12/h6-8,11-12H,3-5H2,1-2H3/t6-,7?,8+/m1/s1. The summed E-state index contributed by atoms with van der Waals surface area (Å²) in [5, 5.41) is 18.0. The van der Waals surface area contributed by atoms with Crippen LogP contribution in [0.4, 0.5) is 0 Å². The summed E-state index contributed by atoms with van der Waals surface area (Å²) in [5.74, 6) is 0.262. The highest BCUT2D eigenvalue weighted by Gasteiger charge is 2.32. The first-order valence-corrected chi connectivity index (χ1v) is 4.64. The molecule has 13 heavy (non-hydrogen) atoms. The summed E-state index contributed by atoms with van der Waals surface area (Å²) in [7, 11) is 0. The van der Waals surface area contributed by atoms with Gasteiger partial charge in [-0.25, -0.2) is 0 Å². The Labute approximate surface area is 78.2 Å². The van der Waals surface area contributed by atoms with E-state index in [2.05, 4.69) is 0 Å². The molecule has 4 heteroatoms. The first kappa shape index (κ1) is 10.5. The maximum Gasteiger partial charge on any atom is 0.251 e. The van der Waals surface area contributed by atoms with Crippen LogP contribution in [-0.2, 0) is 4.79 Å². The lowest BCUT2D eigenvalue weighted by atomic mass is 10.00. The fourth-order valence-corrected chi connectivity index (χ4v) is 1.72. The van der Waals surface area contributed by atoms with Crippen LogP contribution >= 0.6 is 0 Å². The molecule has 3 atom stereocenters. The molecule has 1 fully saturated rings. The molecule has 0 bridgehead atoms. The van der Waals surface area contributed by atoms with Crippen molar-refractivity contribution in [2.75, 3.05) is 19.7 Å². The minimum atomic E-state index is -0.926. The molecular formula is C9H17NO3. The average molecular weight is 187 g/mol. The predicted octanol–water partition coefficient (Wildman–Crippen LogP) is -0.546. The third kappa shape index (κ3) is 2.19. The van der Waals surface area contributed by atoms with Gasteiger partial charge in [0.2, 0.25) is 0 Å². The van der Waals surface area contributed by atoms with Gasteiger partial charge in [0.25, 0.3) is 5.91 Å². The van der Waals surface area contributed by atoms with Crippen LogP contribution < -0.4 is 0 Å². The van der Waals surface area contributed by atoms with Crippen molar-refractivity contribution < 1.29 is 15.0 Å². The highest BCUT2D eigenvalue weighted by atomic mass is 16.3. The van der Waals surface area contributed by atoms with Gasteiger partial charge in [-0.15, -0.1) is 0 Å². The van der Waals surface area contributed by atoms with Crippen LogP contribution in [0.2, 0.25) is 0 Å². The van der Waals surface area contributed by atoms with Crippen LogP contribution in [0.3, 0.4) is 0 Å². The van der Waals surface area contributed by atoms with E-state index in [0.29, 0.717) is 19.0 Å². The number of carbonyl (C=O) groups excluding carboxylic acids is 1. The maximum absolute atomic E-state index is 11.3. The molecule has 1 aliphatic rings. The smallest absolute Gasteiger partial charge is 0.251 e. The molecule has 1 rings (SSSR count). The van der Waals surface area contributed by atoms with Gasteiger partial charge in [0.05, 0.1) is 0 Å². The summed E-state index contributed by atoms with van der Waals surface area (Å²) >= 11 is 0. The van der Waals surface area contributed by atoms with E-state index >= 15 is 0 Å². The fourth-order valence-electron chi connectivity index (χ4n) is 1.72. The van der Waals surface area contributed by atoms with Gasteiger partial charge in [-0.05, 0) is 12.8 Å². The zero-order valence-electron chi connectivity index (χ0n) is 8.10. The molecule has 76 valence electrons. The van der Waals surface area contributed by atoms with Crippen LogP contribution in [-0.4, -0.2) is 46.8 Å². The van der Waals surface area contributed by atoms with Crippen LogP contribution in [0.1, 0.15) is 13.8 Å². The van der Waals surface area contributed by atoms with E-state index in [4.69, 9.17) is 10.2 Å². The summed E-state index contributed by atoms with van der Waals surface area (Å²) in [4.78, 5) is 13.0. The Balaban J connectivity index is 2.53. The molecule has 0 spiro atoms. The fraction of sp³-hybridized carbons (Fsp3) is 0.889. The molecular weight excluding hydrogens is 170 g/mol. The maximum atomic E-state index is 11.3. The number of hydrogen-bond acceptors (Lipinski definition) is 3. The van der Waals surface area contributed by atoms with Crippen molar-refractivity contribution in [3.8, 4) is 0 Å². The van der Waals surface area contributed by atoms with E-state index in [1.807, 2.05) is 6.92 Å². The zero-order valence-corrected chi connectivity index (χ0v) is 8.10. The molecule has 0 saturated carbocycles. The van der Waals surface area contributed by atoms with Crippen LogP contribution in [0.25, 0.3) is 0 Å². The highest BCUT2D eigenvalue weighted by Crippen LogP contribution is 2.22. The van der Waals surface area contributed by atoms with Gasteiger partial charge in [-0.3, -0.25) is 4.79 Å². The lowest BCUT2D eigenvalue weighted by Crippen LogP contribution is -2.36. The third-order valence-corrected chi connectivity index (χ3v) is 2.67. The van der Waals surface area contributed by atoms with E-state index in [0.717, 1.165) is 0 Å². The summed E-state index contributed by atoms with van der Waals surface area (Å²) in [6.07, 6.45) is -0.926. The molecule has 1 amide bonds. The van der Waals surface area contributed by atoms with Crippen LogP contribution in [0.5, 0.6) is 0 Å². The first-order chi connectivity index (χ1) is 6.06. The highest BCUT2D eigenvalue weighted by molar-refractivity contribution is 5.80. The number of rotatable bonds is 2. The SMILES string of the molecule is CC(O)C(=O)N1C[C@@H](CO)[C@H](C)C1. The normalized spacial score (nSPS) is 30.6. The molecule has 1 saturated heterocycles. The number of hydrogen-bond donors (Lipinski definition) is 2. The molecule has 2 N–H and O–H groups in total. The van der Waals surface area contributed by atoms with Gasteiger partial charge in [-0.1, -0.05) is 6.92 Å². The summed E-state index contributed by atoms with van der Waals surface area (Å²) in [6.45, 7) is 4.82. The van der Waals surface area contributed by atoms with Crippen molar-refractivity contribution in [2.24, 2.45) is 11.8 Å². The second-order valence-corrected chi connectivity index (χ2v) is 3.84. The quantitative estimate of drug-likeness (QED) is 0.610. The van der Waals surface area contributed by atoms with Crippen LogP contribution in [0.15, 0.2) is 0 Å². The Kier molecular flexibility index (Phi) is 3.27. The Morgan fingerprint density at radius 2 is 2.23 bits per heavy atom. The number of aliphatic hydroxyl groups is 2. The second kappa shape index (κ2) is 4.07. The summed E-state index contributed by atoms with van der Waals surface area (Å²) in [6, 6.07) is 0. The summed E-state index contributed by atoms with van der Waals surface area (Å²) in [5.41, 5.74) is 0. The van der Waals surface area contributed by atoms with Crippen molar-refractivity contribution in [3.63, 3.8) is 0 Å². The largest absolute Gasteiger partial charge is 0.396 e. The number of carbonyl (C=O) groups is 1. The zero-order chi connectivity index (χ0) is 10.0. The topological polar surface area (TPSA) is 60.8 Å². The van der Waals surface area contributed by atoms with E-state index in [9.17, 15) is 4.79 Å². The molecule has 0 aromatic heterocycles. The lowest BCUT2D eigenvalue weighted by molar-refractivity contribution is -0.138. The average Bonchev–Trinajstić information content (AvgIpc) is 2.45. The van der Waals surface area contributed by atoms with Gasteiger partial charge in [0.15, 0.2) is 0 Å². The number of aliphatic hydroxyl groups excluding tert-OH is 2. The van der Waals surface area contributed by atoms with Gasteiger partial charge >= 0.3 is 0 Å². The van der Waals surface area contributed by atoms with E-state index in [-0.39, 0.29) is 18.4 Å². The molecule has 1 unspecified atom stereocenters. The molecule has 1 aliphatic heterocycles. The second-order valence-electron chi connectivity index (χ2n) is 3.84. The van der Waals surface area contributed by atoms with E-state index < -0.39 is 6.10 Å². The Morgan fingerprint density at radius 1 is 1.62 bits per heavy atom. The van der Waals surface area contributed by atoms with Crippen molar-refractivity contribution >= 4 is 5.91 Å². The van der Waals surface area contributed by atoms with Crippen LogP contribution in [0, 0.1) is 11.8 Å². The third-order valence-electron chi connectivity index (χ3n) is 2.67. The van der Waals surface area contributed by atoms with Crippen molar-refractivity contribution in [1.82, 2.24) is 4.90 Å². The predicted molar refractivity (Wildman–Crippen MR) is 48.0 cm³/mol. The van der Waals surface area contributed by atoms with E-state index in [1.165, 1.54) is 6.92 Å². The number of nitrogens with zero attached hydrogens (tertiary/aromatic N) is 1. The molecule has 0 aromatic carbocycles. The Hall–Kier alpha value is -0.610. The van der Waals surface area contributed by atoms with Gasteiger partial charge in [0, 0.05) is 25.6 Å². The van der Waals surface area contributed by atoms with Crippen molar-refractivity contribution in [2.45, 2.75) is 20.0 Å². The molecule has 4 nitrogen and oxygen atoms in total. The molecule has 0 aromatic rings. The first-order valence-electron chi connectivity index (χ1n) is 4.64. The Bertz CT molecular complexity index is 193. The molecule has 0 radical (unpaired) electrons. The van der Waals surface area contributed by atoms with Crippen molar-refractivity contribution in [3.05, 3.63) is 0 Å². The minimum Gasteiger partial charge on any atom is -0.396 e. The summed E-state index contributed by atoms with van der Waals surface area (Å²) < 4.78 is 0. The number of likely N-dealkylation sites (tertiary alicyclic amines) is 1. The lowest BCUT2D eigenvalue weighted by Gasteiger charge is -2.17. The van der Waals surface area contributed by atoms with Gasteiger partial charge < -0.3 is 15.1 Å². The molecule has 1 heterocycles. The van der Waals surface area contributed by atoms with Crippen molar-refractivity contribution in [1.29, 1.82) is 0 Å². The minimum absolute atomic E-state index is 0.116.